The Balaban J connectivity index is 0.000000921. The van der Waals surface area contributed by atoms with Gasteiger partial charge in [0.05, 0.1) is 0 Å². The summed E-state index contributed by atoms with van der Waals surface area (Å²) in [6.07, 6.45) is 0. The molecule has 0 radical (unpaired) electrons. The molecule has 0 N–H and O–H groups in total. The topological polar surface area (TPSA) is 37.4 Å². The average molecular weight is 249 g/mol. The molecule has 0 aromatic carbocycles. The van der Waals surface area contributed by atoms with Gasteiger partial charge in [0.15, 0.2) is 0 Å². The molecule has 0 saturated heterocycles. The molecule has 15 heavy (non-hydrogen) atoms. The Bertz CT molecular complexity index is 386. The number of nitrogens with zero attached hydrogens (tertiary/aromatic N) is 1. The van der Waals surface area contributed by atoms with Gasteiger partial charge in [0.1, 0.15) is 4.21 Å². The van der Waals surface area contributed by atoms with Crippen molar-refractivity contribution < 1.29 is 8.42 Å². The Hall–Kier alpha value is -0.390. The molecule has 0 aliphatic carbocycles. The quantitative estimate of drug-likeness (QED) is 0.808. The third-order valence-corrected chi connectivity index (χ3v) is 5.30. The van der Waals surface area contributed by atoms with Gasteiger partial charge in [0, 0.05) is 19.0 Å². The molecule has 1 heterocycles. The van der Waals surface area contributed by atoms with E-state index in [0.29, 0.717) is 4.21 Å². The molecule has 0 aliphatic heterocycles. The van der Waals surface area contributed by atoms with Crippen LogP contribution >= 0.6 is 11.3 Å². The van der Waals surface area contributed by atoms with Crippen molar-refractivity contribution in [2.24, 2.45) is 0 Å². The van der Waals surface area contributed by atoms with Crippen LogP contribution in [0.3, 0.4) is 0 Å². The van der Waals surface area contributed by atoms with Crippen LogP contribution in [0.25, 0.3) is 0 Å². The van der Waals surface area contributed by atoms with Gasteiger partial charge in [-0.05, 0) is 25.5 Å². The summed E-state index contributed by atoms with van der Waals surface area (Å²) < 4.78 is 24.9. The third kappa shape index (κ3) is 3.29. The standard InChI is InChI=1S/C8H13NO2S2.C2H6/c1-6-5-8(12-7(6)2)13(10,11)9(3)4;1-2/h5H,1-4H3;1-2H3. The molecule has 0 aliphatic rings. The van der Waals surface area contributed by atoms with Crippen LogP contribution in [0, 0.1) is 13.8 Å². The molecule has 0 unspecified atom stereocenters. The van der Waals surface area contributed by atoms with Crippen LogP contribution in [0.4, 0.5) is 0 Å². The van der Waals surface area contributed by atoms with Crippen LogP contribution in [0.5, 0.6) is 0 Å². The minimum Gasteiger partial charge on any atom is -0.206 e. The maximum atomic E-state index is 11.6. The van der Waals surface area contributed by atoms with Crippen LogP contribution in [-0.4, -0.2) is 26.8 Å². The Labute approximate surface area is 96.8 Å². The lowest BCUT2D eigenvalue weighted by molar-refractivity contribution is 0.523. The number of sulfonamides is 1. The Morgan fingerprint density at radius 1 is 1.20 bits per heavy atom. The lowest BCUT2D eigenvalue weighted by atomic mass is 10.3. The minimum atomic E-state index is -3.23. The zero-order chi connectivity index (χ0) is 12.2. The van der Waals surface area contributed by atoms with Crippen LogP contribution in [0.2, 0.25) is 0 Å². The molecule has 1 rings (SSSR count). The summed E-state index contributed by atoms with van der Waals surface area (Å²) in [6, 6.07) is 1.72. The number of hydrogen-bond acceptors (Lipinski definition) is 3. The van der Waals surface area contributed by atoms with E-state index >= 15 is 0 Å². The molecule has 88 valence electrons. The van der Waals surface area contributed by atoms with Gasteiger partial charge in [-0.2, -0.15) is 0 Å². The predicted octanol–water partition coefficient (Wildman–Crippen LogP) is 2.64. The highest BCUT2D eigenvalue weighted by Crippen LogP contribution is 2.26. The molecule has 0 spiro atoms. The number of hydrogen-bond donors (Lipinski definition) is 0. The van der Waals surface area contributed by atoms with Crippen molar-refractivity contribution in [1.82, 2.24) is 4.31 Å². The lowest BCUT2D eigenvalue weighted by Gasteiger charge is -2.08. The van der Waals surface area contributed by atoms with Gasteiger partial charge in [0.25, 0.3) is 10.0 Å². The summed E-state index contributed by atoms with van der Waals surface area (Å²) in [5.74, 6) is 0. The van der Waals surface area contributed by atoms with E-state index in [1.165, 1.54) is 15.6 Å². The summed E-state index contributed by atoms with van der Waals surface area (Å²) in [4.78, 5) is 1.06. The summed E-state index contributed by atoms with van der Waals surface area (Å²) in [5, 5.41) is 0. The van der Waals surface area contributed by atoms with Gasteiger partial charge in [-0.1, -0.05) is 13.8 Å². The molecule has 0 fully saturated rings. The molecule has 5 heteroatoms. The van der Waals surface area contributed by atoms with E-state index in [-0.39, 0.29) is 0 Å². The molecule has 1 aromatic rings. The van der Waals surface area contributed by atoms with E-state index in [4.69, 9.17) is 0 Å². The third-order valence-electron chi connectivity index (χ3n) is 1.88. The SMILES string of the molecule is CC.Cc1cc(S(=O)(=O)N(C)C)sc1C. The Morgan fingerprint density at radius 2 is 1.67 bits per heavy atom. The monoisotopic (exact) mass is 249 g/mol. The summed E-state index contributed by atoms with van der Waals surface area (Å²) in [6.45, 7) is 7.84. The first-order valence-electron chi connectivity index (χ1n) is 4.85. The molecular formula is C10H19NO2S2. The maximum Gasteiger partial charge on any atom is 0.252 e. The van der Waals surface area contributed by atoms with Gasteiger partial charge in [-0.3, -0.25) is 0 Å². The first kappa shape index (κ1) is 14.6. The van der Waals surface area contributed by atoms with Crippen LogP contribution < -0.4 is 0 Å². The highest BCUT2D eigenvalue weighted by molar-refractivity contribution is 7.91. The average Bonchev–Trinajstić information content (AvgIpc) is 2.51. The van der Waals surface area contributed by atoms with E-state index < -0.39 is 10.0 Å². The van der Waals surface area contributed by atoms with Crippen LogP contribution in [0.1, 0.15) is 24.3 Å². The first-order valence-corrected chi connectivity index (χ1v) is 7.11. The van der Waals surface area contributed by atoms with Crippen molar-refractivity contribution in [3.8, 4) is 0 Å². The van der Waals surface area contributed by atoms with Crippen LogP contribution in [0.15, 0.2) is 10.3 Å². The summed E-state index contributed by atoms with van der Waals surface area (Å²) >= 11 is 1.32. The maximum absolute atomic E-state index is 11.6. The molecule has 1 aromatic heterocycles. The van der Waals surface area contributed by atoms with Gasteiger partial charge in [-0.25, -0.2) is 12.7 Å². The van der Waals surface area contributed by atoms with Crippen molar-refractivity contribution in [2.45, 2.75) is 31.9 Å². The molecule has 0 bridgehead atoms. The fraction of sp³-hybridized carbons (Fsp3) is 0.600. The van der Waals surface area contributed by atoms with E-state index in [0.717, 1.165) is 10.4 Å². The summed E-state index contributed by atoms with van der Waals surface area (Å²) in [7, 11) is -0.144. The second-order valence-corrected chi connectivity index (χ2v) is 6.73. The van der Waals surface area contributed by atoms with Gasteiger partial charge < -0.3 is 0 Å². The predicted molar refractivity (Wildman–Crippen MR) is 66.0 cm³/mol. The number of aryl methyl sites for hydroxylation is 2. The van der Waals surface area contributed by atoms with E-state index in [1.54, 1.807) is 20.2 Å². The number of thiophene rings is 1. The largest absolute Gasteiger partial charge is 0.252 e. The fourth-order valence-electron chi connectivity index (χ4n) is 0.846. The van der Waals surface area contributed by atoms with Crippen molar-refractivity contribution in [1.29, 1.82) is 0 Å². The van der Waals surface area contributed by atoms with Crippen molar-refractivity contribution in [3.05, 3.63) is 16.5 Å². The van der Waals surface area contributed by atoms with Crippen molar-refractivity contribution in [3.63, 3.8) is 0 Å². The molecule has 0 amide bonds. The van der Waals surface area contributed by atoms with E-state index in [1.807, 2.05) is 27.7 Å². The van der Waals surface area contributed by atoms with E-state index in [2.05, 4.69) is 0 Å². The fourth-order valence-corrected chi connectivity index (χ4v) is 3.53. The zero-order valence-corrected chi connectivity index (χ0v) is 11.8. The van der Waals surface area contributed by atoms with E-state index in [9.17, 15) is 8.42 Å². The van der Waals surface area contributed by atoms with Crippen molar-refractivity contribution >= 4 is 21.4 Å². The molecule has 3 nitrogen and oxygen atoms in total. The van der Waals surface area contributed by atoms with Crippen molar-refractivity contribution in [2.75, 3.05) is 14.1 Å². The van der Waals surface area contributed by atoms with Gasteiger partial charge in [-0.15, -0.1) is 11.3 Å². The zero-order valence-electron chi connectivity index (χ0n) is 10.2. The lowest BCUT2D eigenvalue weighted by Crippen LogP contribution is -2.21. The highest BCUT2D eigenvalue weighted by Gasteiger charge is 2.19. The second-order valence-electron chi connectivity index (χ2n) is 3.09. The van der Waals surface area contributed by atoms with Gasteiger partial charge >= 0.3 is 0 Å². The highest BCUT2D eigenvalue weighted by atomic mass is 32.2. The second kappa shape index (κ2) is 5.63. The minimum absolute atomic E-state index is 0.424. The molecule has 0 atom stereocenters. The normalized spacial score (nSPS) is 11.1. The van der Waals surface area contributed by atoms with Gasteiger partial charge in [0.2, 0.25) is 0 Å². The Kier molecular flexibility index (Phi) is 5.48. The first-order chi connectivity index (χ1) is 6.85. The molecular weight excluding hydrogens is 230 g/mol. The number of rotatable bonds is 2. The smallest absolute Gasteiger partial charge is 0.206 e. The van der Waals surface area contributed by atoms with Crippen LogP contribution in [-0.2, 0) is 10.0 Å². The Morgan fingerprint density at radius 3 is 1.93 bits per heavy atom. The summed E-state index contributed by atoms with van der Waals surface area (Å²) in [5.41, 5.74) is 1.03. The molecule has 0 saturated carbocycles.